The predicted octanol–water partition coefficient (Wildman–Crippen LogP) is 6.23. The maximum Gasteiger partial charge on any atom is 0.338 e. The van der Waals surface area contributed by atoms with Crippen molar-refractivity contribution in [1.29, 1.82) is 0 Å². The SMILES string of the molecule is COC(=O)[C@@H]1C[C@H](CC(=O)c2ccccc2)[C@H](OC(=O)c2ccccc2)C2[C@@](C)(CCC3CCOC3)[C@H](C(=O)O)CC[C@]21C. The van der Waals surface area contributed by atoms with Crippen LogP contribution in [-0.2, 0) is 23.8 Å². The normalized spacial score (nSPS) is 33.2. The van der Waals surface area contributed by atoms with E-state index in [2.05, 4.69) is 0 Å². The minimum atomic E-state index is -0.887. The van der Waals surface area contributed by atoms with Crippen molar-refractivity contribution >= 4 is 23.7 Å². The molecule has 2 aromatic carbocycles. The number of ketones is 1. The molecule has 1 N–H and O–H groups in total. The van der Waals surface area contributed by atoms with Gasteiger partial charge in [-0.25, -0.2) is 4.79 Å². The average molecular weight is 605 g/mol. The second kappa shape index (κ2) is 13.2. The molecule has 0 radical (unpaired) electrons. The van der Waals surface area contributed by atoms with Gasteiger partial charge in [0.1, 0.15) is 6.10 Å². The van der Waals surface area contributed by atoms with Gasteiger partial charge in [0.25, 0.3) is 0 Å². The molecule has 0 spiro atoms. The number of carbonyl (C=O) groups excluding carboxylic acids is 3. The first-order chi connectivity index (χ1) is 21.1. The Morgan fingerprint density at radius 3 is 2.18 bits per heavy atom. The van der Waals surface area contributed by atoms with E-state index >= 15 is 0 Å². The van der Waals surface area contributed by atoms with Crippen molar-refractivity contribution in [2.45, 2.75) is 64.9 Å². The average Bonchev–Trinajstić information content (AvgIpc) is 3.55. The van der Waals surface area contributed by atoms with Gasteiger partial charge in [-0.3, -0.25) is 14.4 Å². The molecule has 1 heterocycles. The predicted molar refractivity (Wildman–Crippen MR) is 163 cm³/mol. The fourth-order valence-electron chi connectivity index (χ4n) is 8.71. The number of carboxylic acids is 1. The molecule has 8 nitrogen and oxygen atoms in total. The number of methoxy groups -OCH3 is 1. The first-order valence-electron chi connectivity index (χ1n) is 15.8. The quantitative estimate of drug-likeness (QED) is 0.251. The van der Waals surface area contributed by atoms with Crippen LogP contribution in [0.2, 0.25) is 0 Å². The van der Waals surface area contributed by atoms with Crippen molar-refractivity contribution in [3.8, 4) is 0 Å². The zero-order valence-electron chi connectivity index (χ0n) is 25.9. The van der Waals surface area contributed by atoms with Gasteiger partial charge in [0, 0.05) is 37.0 Å². The Morgan fingerprint density at radius 1 is 0.932 bits per heavy atom. The van der Waals surface area contributed by atoms with Gasteiger partial charge in [-0.05, 0) is 67.4 Å². The van der Waals surface area contributed by atoms with Crippen LogP contribution in [0.25, 0.3) is 0 Å². The zero-order chi connectivity index (χ0) is 31.5. The number of ether oxygens (including phenoxy) is 3. The van der Waals surface area contributed by atoms with E-state index in [9.17, 15) is 24.3 Å². The monoisotopic (exact) mass is 604 g/mol. The molecule has 1 aliphatic heterocycles. The number of hydrogen-bond acceptors (Lipinski definition) is 7. The molecular formula is C36H44O8. The lowest BCUT2D eigenvalue weighted by Crippen LogP contribution is -2.64. The molecule has 8 heteroatoms. The fraction of sp³-hybridized carbons (Fsp3) is 0.556. The van der Waals surface area contributed by atoms with Gasteiger partial charge in [-0.2, -0.15) is 0 Å². The van der Waals surface area contributed by atoms with E-state index < -0.39 is 52.5 Å². The van der Waals surface area contributed by atoms with Crippen LogP contribution in [0.5, 0.6) is 0 Å². The molecule has 0 amide bonds. The summed E-state index contributed by atoms with van der Waals surface area (Å²) in [7, 11) is 1.37. The molecule has 3 fully saturated rings. The minimum absolute atomic E-state index is 0.0567. The van der Waals surface area contributed by atoms with Crippen LogP contribution >= 0.6 is 0 Å². The van der Waals surface area contributed by atoms with Crippen LogP contribution in [0.4, 0.5) is 0 Å². The van der Waals surface area contributed by atoms with Gasteiger partial charge in [0.05, 0.1) is 24.5 Å². The minimum Gasteiger partial charge on any atom is -0.481 e. The Bertz CT molecular complexity index is 1340. The summed E-state index contributed by atoms with van der Waals surface area (Å²) in [5, 5.41) is 10.6. The highest BCUT2D eigenvalue weighted by Gasteiger charge is 2.66. The highest BCUT2D eigenvalue weighted by atomic mass is 16.5. The Balaban J connectivity index is 1.62. The van der Waals surface area contributed by atoms with Gasteiger partial charge in [-0.1, -0.05) is 62.4 Å². The van der Waals surface area contributed by atoms with Crippen molar-refractivity contribution in [3.05, 3.63) is 71.8 Å². The standard InChI is InChI=1S/C36H44O8/c1-35(17-14-23-16-19-43-22-23)27(32(38)39)15-18-36(2)28(34(41)42-3)20-26(21-29(37)24-10-6-4-7-11-24)30(31(35)36)44-33(40)25-12-8-5-9-13-25/h4-13,23,26-28,30-31H,14-22H2,1-3H3,(H,38,39)/t23?,26-,27+,28+,30+,31?,35+,36+/m1/s1. The van der Waals surface area contributed by atoms with E-state index in [1.165, 1.54) is 7.11 Å². The molecule has 2 saturated carbocycles. The third-order valence-corrected chi connectivity index (χ3v) is 11.0. The van der Waals surface area contributed by atoms with Crippen LogP contribution in [0.3, 0.4) is 0 Å². The third kappa shape index (κ3) is 6.19. The summed E-state index contributed by atoms with van der Waals surface area (Å²) in [6.45, 7) is 5.37. The van der Waals surface area contributed by atoms with Crippen LogP contribution in [0, 0.1) is 40.4 Å². The van der Waals surface area contributed by atoms with Crippen LogP contribution < -0.4 is 0 Å². The molecular weight excluding hydrogens is 560 g/mol. The summed E-state index contributed by atoms with van der Waals surface area (Å²) in [6.07, 6.45) is 2.70. The van der Waals surface area contributed by atoms with Crippen molar-refractivity contribution < 1.29 is 38.5 Å². The summed E-state index contributed by atoms with van der Waals surface area (Å²) in [5.74, 6) is -3.88. The Hall–Kier alpha value is -3.52. The highest BCUT2D eigenvalue weighted by molar-refractivity contribution is 5.96. The number of aliphatic carboxylic acids is 1. The lowest BCUT2D eigenvalue weighted by Gasteiger charge is -2.62. The van der Waals surface area contributed by atoms with Gasteiger partial charge in [0.15, 0.2) is 5.78 Å². The van der Waals surface area contributed by atoms with Crippen LogP contribution in [-0.4, -0.2) is 55.2 Å². The van der Waals surface area contributed by atoms with Gasteiger partial charge >= 0.3 is 17.9 Å². The summed E-state index contributed by atoms with van der Waals surface area (Å²) >= 11 is 0. The Kier molecular flexibility index (Phi) is 9.59. The van der Waals surface area contributed by atoms with Crippen molar-refractivity contribution in [1.82, 2.24) is 0 Å². The number of fused-ring (bicyclic) bond motifs is 1. The van der Waals surface area contributed by atoms with Crippen LogP contribution in [0.1, 0.15) is 79.5 Å². The molecule has 44 heavy (non-hydrogen) atoms. The third-order valence-electron chi connectivity index (χ3n) is 11.0. The molecule has 1 saturated heterocycles. The maximum absolute atomic E-state index is 13.7. The van der Waals surface area contributed by atoms with E-state index in [0.29, 0.717) is 55.9 Å². The van der Waals surface area contributed by atoms with Gasteiger partial charge in [0.2, 0.25) is 0 Å². The molecule has 3 aliphatic rings. The van der Waals surface area contributed by atoms with E-state index in [0.717, 1.165) is 12.8 Å². The second-order valence-electron chi connectivity index (χ2n) is 13.5. The number of carbonyl (C=O) groups is 4. The van der Waals surface area contributed by atoms with E-state index in [4.69, 9.17) is 14.2 Å². The van der Waals surface area contributed by atoms with Gasteiger partial charge in [-0.15, -0.1) is 0 Å². The highest BCUT2D eigenvalue weighted by Crippen LogP contribution is 2.65. The summed E-state index contributed by atoms with van der Waals surface area (Å²) in [5.41, 5.74) is -0.620. The summed E-state index contributed by atoms with van der Waals surface area (Å²) in [6, 6.07) is 17.7. The molecule has 0 aromatic heterocycles. The van der Waals surface area contributed by atoms with E-state index in [-0.39, 0.29) is 18.2 Å². The maximum atomic E-state index is 13.7. The van der Waals surface area contributed by atoms with Crippen molar-refractivity contribution in [3.63, 3.8) is 0 Å². The van der Waals surface area contributed by atoms with Crippen molar-refractivity contribution in [2.75, 3.05) is 20.3 Å². The van der Waals surface area contributed by atoms with Crippen LogP contribution in [0.15, 0.2) is 60.7 Å². The summed E-state index contributed by atoms with van der Waals surface area (Å²) < 4.78 is 17.4. The number of benzene rings is 2. The molecule has 8 atom stereocenters. The summed E-state index contributed by atoms with van der Waals surface area (Å²) in [4.78, 5) is 53.9. The van der Waals surface area contributed by atoms with Crippen molar-refractivity contribution in [2.24, 2.45) is 40.4 Å². The number of carboxylic acid groups (broad SMARTS) is 1. The molecule has 5 rings (SSSR count). The molecule has 0 bridgehead atoms. The van der Waals surface area contributed by atoms with E-state index in [1.807, 2.05) is 26.0 Å². The second-order valence-corrected chi connectivity index (χ2v) is 13.5. The van der Waals surface area contributed by atoms with Gasteiger partial charge < -0.3 is 19.3 Å². The lowest BCUT2D eigenvalue weighted by atomic mass is 9.42. The first-order valence-corrected chi connectivity index (χ1v) is 15.8. The molecule has 2 aromatic rings. The number of rotatable bonds is 10. The molecule has 236 valence electrons. The number of esters is 2. The molecule has 2 unspecified atom stereocenters. The zero-order valence-corrected chi connectivity index (χ0v) is 25.9. The smallest absolute Gasteiger partial charge is 0.338 e. The lowest BCUT2D eigenvalue weighted by molar-refractivity contribution is -0.207. The van der Waals surface area contributed by atoms with E-state index in [1.54, 1.807) is 48.5 Å². The number of Topliss-reactive ketones (excluding diaryl/α,β-unsaturated/α-hetero) is 1. The Labute approximate surface area is 259 Å². The largest absolute Gasteiger partial charge is 0.481 e. The first kappa shape index (κ1) is 31.9. The fourth-order valence-corrected chi connectivity index (χ4v) is 8.71. The molecule has 2 aliphatic carbocycles. The Morgan fingerprint density at radius 2 is 1.59 bits per heavy atom. The number of hydrogen-bond donors (Lipinski definition) is 1. The topological polar surface area (TPSA) is 116 Å².